The van der Waals surface area contributed by atoms with Crippen molar-refractivity contribution in [3.8, 4) is 0 Å². The summed E-state index contributed by atoms with van der Waals surface area (Å²) in [4.78, 5) is 16.9. The lowest BCUT2D eigenvalue weighted by molar-refractivity contribution is -0.135. The number of carbonyl (C=O) groups excluding carboxylic acids is 1. The molecule has 6 heteroatoms. The van der Waals surface area contributed by atoms with E-state index in [1.54, 1.807) is 0 Å². The van der Waals surface area contributed by atoms with Gasteiger partial charge in [0.1, 0.15) is 0 Å². The third-order valence-corrected chi connectivity index (χ3v) is 6.89. The fourth-order valence-electron chi connectivity index (χ4n) is 3.62. The first kappa shape index (κ1) is 16.2. The molecule has 3 fully saturated rings. The van der Waals surface area contributed by atoms with Crippen LogP contribution in [0, 0.1) is 5.92 Å². The smallest absolute Gasteiger partial charge is 0.237 e. The highest BCUT2D eigenvalue weighted by Crippen LogP contribution is 2.32. The lowest BCUT2D eigenvalue weighted by atomic mass is 9.94. The van der Waals surface area contributed by atoms with Crippen molar-refractivity contribution in [2.45, 2.75) is 51.0 Å². The van der Waals surface area contributed by atoms with Gasteiger partial charge in [0.25, 0.3) is 0 Å². The van der Waals surface area contributed by atoms with Gasteiger partial charge in [-0.3, -0.25) is 9.69 Å². The van der Waals surface area contributed by atoms with Crippen LogP contribution in [-0.4, -0.2) is 67.9 Å². The summed E-state index contributed by atoms with van der Waals surface area (Å²) in [5, 5.41) is 0. The highest BCUT2D eigenvalue weighted by molar-refractivity contribution is 7.91. The van der Waals surface area contributed by atoms with Crippen LogP contribution in [0.15, 0.2) is 0 Å². The topological polar surface area (TPSA) is 57.7 Å². The van der Waals surface area contributed by atoms with Gasteiger partial charge in [0.15, 0.2) is 9.84 Å². The van der Waals surface area contributed by atoms with Gasteiger partial charge in [0, 0.05) is 25.7 Å². The average molecular weight is 328 g/mol. The predicted octanol–water partition coefficient (Wildman–Crippen LogP) is 1.29. The molecule has 126 valence electrons. The van der Waals surface area contributed by atoms with E-state index in [-0.39, 0.29) is 17.4 Å². The normalized spacial score (nSPS) is 26.7. The molecule has 0 unspecified atom stereocenters. The van der Waals surface area contributed by atoms with Crippen molar-refractivity contribution in [3.05, 3.63) is 0 Å². The Morgan fingerprint density at radius 2 is 1.64 bits per heavy atom. The molecule has 0 radical (unpaired) electrons. The van der Waals surface area contributed by atoms with Gasteiger partial charge in [-0.15, -0.1) is 0 Å². The van der Waals surface area contributed by atoms with Crippen molar-refractivity contribution >= 4 is 15.7 Å². The van der Waals surface area contributed by atoms with Crippen molar-refractivity contribution in [1.29, 1.82) is 0 Å². The second kappa shape index (κ2) is 6.87. The lowest BCUT2D eigenvalue weighted by Gasteiger charge is -2.36. The van der Waals surface area contributed by atoms with Crippen molar-refractivity contribution < 1.29 is 13.2 Å². The average Bonchev–Trinajstić information content (AvgIpc) is 3.32. The fraction of sp³-hybridized carbons (Fsp3) is 0.938. The van der Waals surface area contributed by atoms with Crippen molar-refractivity contribution in [2.75, 3.05) is 37.7 Å². The maximum Gasteiger partial charge on any atom is 0.237 e. The summed E-state index contributed by atoms with van der Waals surface area (Å²) in [5.74, 6) is 1.34. The number of rotatable bonds is 5. The Bertz CT molecular complexity index is 482. The summed E-state index contributed by atoms with van der Waals surface area (Å²) in [5.41, 5.74) is 0. The Hall–Kier alpha value is -0.620. The van der Waals surface area contributed by atoms with Crippen LogP contribution in [0.1, 0.15) is 44.9 Å². The van der Waals surface area contributed by atoms with Crippen LogP contribution >= 0.6 is 0 Å². The van der Waals surface area contributed by atoms with Crippen LogP contribution in [-0.2, 0) is 14.6 Å². The summed E-state index contributed by atoms with van der Waals surface area (Å²) in [6.45, 7) is 2.35. The molecule has 2 aliphatic carbocycles. The number of nitrogens with zero attached hydrogens (tertiary/aromatic N) is 2. The number of amides is 1. The first-order valence-electron chi connectivity index (χ1n) is 8.76. The molecule has 0 aromatic carbocycles. The Kier molecular flexibility index (Phi) is 5.07. The zero-order valence-corrected chi connectivity index (χ0v) is 14.2. The molecule has 0 N–H and O–H groups in total. The van der Waals surface area contributed by atoms with Crippen molar-refractivity contribution in [3.63, 3.8) is 0 Å². The summed E-state index contributed by atoms with van der Waals surface area (Å²) in [6.07, 6.45) is 8.59. The summed E-state index contributed by atoms with van der Waals surface area (Å²) in [6, 6.07) is 0.426. The van der Waals surface area contributed by atoms with Crippen LogP contribution in [0.4, 0.5) is 0 Å². The molecule has 5 nitrogen and oxygen atoms in total. The Morgan fingerprint density at radius 1 is 1.00 bits per heavy atom. The van der Waals surface area contributed by atoms with E-state index in [0.717, 1.165) is 19.4 Å². The highest BCUT2D eigenvalue weighted by Gasteiger charge is 2.33. The monoisotopic (exact) mass is 328 g/mol. The van der Waals surface area contributed by atoms with E-state index in [1.807, 2.05) is 4.90 Å². The van der Waals surface area contributed by atoms with Gasteiger partial charge in [-0.2, -0.15) is 0 Å². The van der Waals surface area contributed by atoms with Crippen molar-refractivity contribution in [1.82, 2.24) is 9.80 Å². The van der Waals surface area contributed by atoms with E-state index in [9.17, 15) is 13.2 Å². The highest BCUT2D eigenvalue weighted by atomic mass is 32.2. The molecule has 0 spiro atoms. The second-order valence-corrected chi connectivity index (χ2v) is 9.51. The summed E-state index contributed by atoms with van der Waals surface area (Å²) >= 11 is 0. The van der Waals surface area contributed by atoms with E-state index >= 15 is 0 Å². The van der Waals surface area contributed by atoms with Crippen LogP contribution < -0.4 is 0 Å². The third kappa shape index (κ3) is 4.44. The Morgan fingerprint density at radius 3 is 2.23 bits per heavy atom. The van der Waals surface area contributed by atoms with Gasteiger partial charge in [-0.1, -0.05) is 19.3 Å². The quantitative estimate of drug-likeness (QED) is 0.763. The van der Waals surface area contributed by atoms with Gasteiger partial charge in [0.05, 0.1) is 18.1 Å². The van der Waals surface area contributed by atoms with E-state index in [0.29, 0.717) is 31.6 Å². The van der Waals surface area contributed by atoms with Crippen LogP contribution in [0.25, 0.3) is 0 Å². The van der Waals surface area contributed by atoms with E-state index in [4.69, 9.17) is 0 Å². The number of hydrogen-bond donors (Lipinski definition) is 0. The van der Waals surface area contributed by atoms with E-state index in [2.05, 4.69) is 4.90 Å². The fourth-order valence-corrected chi connectivity index (χ4v) is 4.89. The molecule has 1 aliphatic heterocycles. The van der Waals surface area contributed by atoms with E-state index in [1.165, 1.54) is 32.1 Å². The first-order chi connectivity index (χ1) is 10.5. The van der Waals surface area contributed by atoms with Crippen LogP contribution in [0.2, 0.25) is 0 Å². The van der Waals surface area contributed by atoms with Gasteiger partial charge >= 0.3 is 0 Å². The van der Waals surface area contributed by atoms with Crippen LogP contribution in [0.5, 0.6) is 0 Å². The van der Waals surface area contributed by atoms with Gasteiger partial charge < -0.3 is 4.90 Å². The number of carbonyl (C=O) groups is 1. The third-order valence-electron chi connectivity index (χ3n) is 5.28. The lowest BCUT2D eigenvalue weighted by Crippen LogP contribution is -2.50. The summed E-state index contributed by atoms with van der Waals surface area (Å²) in [7, 11) is -2.87. The number of hydrogen-bond acceptors (Lipinski definition) is 4. The molecule has 0 aromatic rings. The maximum atomic E-state index is 12.8. The second-order valence-electron chi connectivity index (χ2n) is 7.21. The molecule has 1 saturated heterocycles. The van der Waals surface area contributed by atoms with Crippen LogP contribution in [0.3, 0.4) is 0 Å². The molecule has 0 aromatic heterocycles. The Balaban J connectivity index is 1.56. The zero-order chi connectivity index (χ0) is 15.6. The minimum Gasteiger partial charge on any atom is -0.338 e. The van der Waals surface area contributed by atoms with E-state index < -0.39 is 9.84 Å². The molecule has 1 amide bonds. The standard InChI is InChI=1S/C16H28N2O3S/c19-16(13-17-8-10-22(20,21)11-9-17)18(12-14-6-7-14)15-4-2-1-3-5-15/h14-15H,1-13H2. The molecule has 0 atom stereocenters. The number of sulfone groups is 1. The predicted molar refractivity (Wildman–Crippen MR) is 86.4 cm³/mol. The molecule has 1 heterocycles. The Labute approximate surface area is 134 Å². The molecule has 3 rings (SSSR count). The SMILES string of the molecule is O=C(CN1CCS(=O)(=O)CC1)N(CC1CC1)C1CCCCC1. The maximum absolute atomic E-state index is 12.8. The molecule has 22 heavy (non-hydrogen) atoms. The molecule has 0 bridgehead atoms. The first-order valence-corrected chi connectivity index (χ1v) is 10.6. The summed E-state index contributed by atoms with van der Waals surface area (Å²) < 4.78 is 23.0. The van der Waals surface area contributed by atoms with Gasteiger partial charge in [0.2, 0.25) is 5.91 Å². The molecular weight excluding hydrogens is 300 g/mol. The van der Waals surface area contributed by atoms with Gasteiger partial charge in [-0.25, -0.2) is 8.42 Å². The minimum absolute atomic E-state index is 0.201. The molecule has 3 aliphatic rings. The molecule has 2 saturated carbocycles. The van der Waals surface area contributed by atoms with Crippen molar-refractivity contribution in [2.24, 2.45) is 5.92 Å². The van der Waals surface area contributed by atoms with Gasteiger partial charge in [-0.05, 0) is 31.6 Å². The molecular formula is C16H28N2O3S. The zero-order valence-electron chi connectivity index (χ0n) is 13.4. The minimum atomic E-state index is -2.87. The largest absolute Gasteiger partial charge is 0.338 e.